The number of nitrogens with zero attached hydrogens (tertiary/aromatic N) is 4. The van der Waals surface area contributed by atoms with E-state index in [2.05, 4.69) is 26.2 Å². The second-order valence-corrected chi connectivity index (χ2v) is 6.59. The Bertz CT molecular complexity index is 954. The van der Waals surface area contributed by atoms with Crippen molar-refractivity contribution in [1.82, 2.24) is 24.6 Å². The van der Waals surface area contributed by atoms with Crippen LogP contribution in [0.2, 0.25) is 0 Å². The van der Waals surface area contributed by atoms with Crippen molar-refractivity contribution in [2.75, 3.05) is 0 Å². The van der Waals surface area contributed by atoms with Crippen LogP contribution in [0.1, 0.15) is 5.82 Å². The van der Waals surface area contributed by atoms with E-state index in [1.165, 1.54) is 4.70 Å². The first-order valence-corrected chi connectivity index (χ1v) is 8.01. The van der Waals surface area contributed by atoms with Gasteiger partial charge in [0, 0.05) is 12.4 Å². The van der Waals surface area contributed by atoms with Gasteiger partial charge < -0.3 is 4.98 Å². The number of aromatic nitrogens is 5. The predicted octanol–water partition coefficient (Wildman–Crippen LogP) is 2.32. The van der Waals surface area contributed by atoms with Gasteiger partial charge in [0.05, 0.1) is 16.0 Å². The molecule has 0 saturated carbocycles. The Labute approximate surface area is 126 Å². The molecular formula is C13H9N5OS2. The zero-order chi connectivity index (χ0) is 14.2. The molecule has 1 aromatic carbocycles. The first-order chi connectivity index (χ1) is 10.3. The molecule has 3 aromatic heterocycles. The zero-order valence-electron chi connectivity index (χ0n) is 10.7. The quantitative estimate of drug-likeness (QED) is 0.587. The molecule has 8 heteroatoms. The molecule has 0 spiro atoms. The molecule has 0 aliphatic carbocycles. The number of benzene rings is 1. The lowest BCUT2D eigenvalue weighted by atomic mass is 10.3. The van der Waals surface area contributed by atoms with Crippen molar-refractivity contribution in [3.63, 3.8) is 0 Å². The summed E-state index contributed by atoms with van der Waals surface area (Å²) in [5.41, 5.74) is 1.09. The van der Waals surface area contributed by atoms with Gasteiger partial charge in [-0.25, -0.2) is 4.98 Å². The van der Waals surface area contributed by atoms with E-state index in [1.54, 1.807) is 39.9 Å². The van der Waals surface area contributed by atoms with Crippen LogP contribution < -0.4 is 5.56 Å². The smallest absolute Gasteiger partial charge is 0.293 e. The lowest BCUT2D eigenvalue weighted by molar-refractivity contribution is 0.982. The second kappa shape index (κ2) is 4.97. The number of fused-ring (bicyclic) bond motifs is 2. The monoisotopic (exact) mass is 315 g/mol. The van der Waals surface area contributed by atoms with Crippen molar-refractivity contribution in [3.8, 4) is 0 Å². The standard InChI is InChI=1S/C13H9N5OS2/c19-12-11-17-16-10(18(11)6-5-14-12)7-20-13-15-8-3-1-2-4-9(8)21-13/h1-6H,7H2,(H,14,19). The van der Waals surface area contributed by atoms with E-state index in [0.717, 1.165) is 15.7 Å². The molecule has 104 valence electrons. The fourth-order valence-electron chi connectivity index (χ4n) is 2.02. The van der Waals surface area contributed by atoms with Gasteiger partial charge in [0.25, 0.3) is 5.56 Å². The van der Waals surface area contributed by atoms with Gasteiger partial charge >= 0.3 is 0 Å². The summed E-state index contributed by atoms with van der Waals surface area (Å²) in [6.07, 6.45) is 3.34. The van der Waals surface area contributed by atoms with Crippen LogP contribution in [-0.2, 0) is 5.75 Å². The molecule has 0 bridgehead atoms. The van der Waals surface area contributed by atoms with Gasteiger partial charge in [-0.3, -0.25) is 9.20 Å². The van der Waals surface area contributed by atoms with E-state index in [-0.39, 0.29) is 5.56 Å². The minimum absolute atomic E-state index is 0.235. The lowest BCUT2D eigenvalue weighted by Gasteiger charge is -1.96. The van der Waals surface area contributed by atoms with E-state index < -0.39 is 0 Å². The van der Waals surface area contributed by atoms with Crippen LogP contribution >= 0.6 is 23.1 Å². The molecule has 0 amide bonds. The summed E-state index contributed by atoms with van der Waals surface area (Å²) in [4.78, 5) is 18.7. The summed E-state index contributed by atoms with van der Waals surface area (Å²) >= 11 is 3.25. The third-order valence-corrected chi connectivity index (χ3v) is 5.18. The Balaban J connectivity index is 1.63. The van der Waals surface area contributed by atoms with Gasteiger partial charge in [0.1, 0.15) is 5.82 Å². The summed E-state index contributed by atoms with van der Waals surface area (Å²) in [6, 6.07) is 8.05. The van der Waals surface area contributed by atoms with Crippen molar-refractivity contribution in [3.05, 3.63) is 52.8 Å². The van der Waals surface area contributed by atoms with Gasteiger partial charge in [-0.1, -0.05) is 23.9 Å². The molecule has 0 fully saturated rings. The van der Waals surface area contributed by atoms with Gasteiger partial charge in [-0.05, 0) is 12.1 Å². The van der Waals surface area contributed by atoms with Crippen LogP contribution in [0.15, 0.2) is 45.8 Å². The van der Waals surface area contributed by atoms with Crippen LogP contribution in [0.3, 0.4) is 0 Å². The average molecular weight is 315 g/mol. The Morgan fingerprint density at radius 3 is 3.10 bits per heavy atom. The van der Waals surface area contributed by atoms with Crippen molar-refractivity contribution >= 4 is 39.0 Å². The van der Waals surface area contributed by atoms with E-state index in [9.17, 15) is 4.79 Å². The number of nitrogens with one attached hydrogen (secondary N) is 1. The first kappa shape index (κ1) is 12.5. The van der Waals surface area contributed by atoms with Gasteiger partial charge in [0.15, 0.2) is 4.34 Å². The van der Waals surface area contributed by atoms with Crippen molar-refractivity contribution in [2.24, 2.45) is 0 Å². The first-order valence-electron chi connectivity index (χ1n) is 6.21. The highest BCUT2D eigenvalue weighted by atomic mass is 32.2. The van der Waals surface area contributed by atoms with Crippen molar-refractivity contribution in [2.45, 2.75) is 10.1 Å². The molecule has 0 unspecified atom stereocenters. The summed E-state index contributed by atoms with van der Waals surface area (Å²) in [6.45, 7) is 0. The molecule has 0 radical (unpaired) electrons. The summed E-state index contributed by atoms with van der Waals surface area (Å²) in [7, 11) is 0. The van der Waals surface area contributed by atoms with E-state index in [1.807, 2.05) is 18.2 Å². The maximum Gasteiger partial charge on any atom is 0.293 e. The van der Waals surface area contributed by atoms with E-state index in [4.69, 9.17) is 0 Å². The molecule has 0 aliphatic rings. The second-order valence-electron chi connectivity index (χ2n) is 4.34. The Morgan fingerprint density at radius 1 is 1.29 bits per heavy atom. The van der Waals surface area contributed by atoms with Crippen molar-refractivity contribution < 1.29 is 0 Å². The fraction of sp³-hybridized carbons (Fsp3) is 0.0769. The number of thiazole rings is 1. The van der Waals surface area contributed by atoms with Crippen LogP contribution in [0, 0.1) is 0 Å². The fourth-order valence-corrected chi connectivity index (χ4v) is 4.02. The van der Waals surface area contributed by atoms with Gasteiger partial charge in [-0.15, -0.1) is 21.5 Å². The SMILES string of the molecule is O=c1[nH]ccn2c(CSc3nc4ccccc4s3)nnc12. The average Bonchev–Trinajstić information content (AvgIpc) is 3.09. The Morgan fingerprint density at radius 2 is 2.19 bits per heavy atom. The molecule has 4 rings (SSSR count). The number of hydrogen-bond donors (Lipinski definition) is 1. The Kier molecular flexibility index (Phi) is 2.97. The molecule has 4 aromatic rings. The van der Waals surface area contributed by atoms with Gasteiger partial charge in [-0.2, -0.15) is 0 Å². The summed E-state index contributed by atoms with van der Waals surface area (Å²) in [5.74, 6) is 1.35. The maximum absolute atomic E-state index is 11.6. The Hall–Kier alpha value is -2.19. The molecule has 21 heavy (non-hydrogen) atoms. The normalized spacial score (nSPS) is 11.4. The zero-order valence-corrected chi connectivity index (χ0v) is 12.3. The van der Waals surface area contributed by atoms with Gasteiger partial charge in [0.2, 0.25) is 5.65 Å². The summed E-state index contributed by atoms with van der Waals surface area (Å²) in [5, 5.41) is 7.99. The molecule has 1 N–H and O–H groups in total. The minimum atomic E-state index is -0.235. The topological polar surface area (TPSA) is 75.9 Å². The van der Waals surface area contributed by atoms with E-state index in [0.29, 0.717) is 11.4 Å². The number of hydrogen-bond acceptors (Lipinski definition) is 6. The van der Waals surface area contributed by atoms with Crippen LogP contribution in [0.4, 0.5) is 0 Å². The summed E-state index contributed by atoms with van der Waals surface area (Å²) < 4.78 is 3.86. The highest BCUT2D eigenvalue weighted by Gasteiger charge is 2.10. The number of H-pyrrole nitrogens is 1. The number of rotatable bonds is 3. The minimum Gasteiger partial charge on any atom is -0.324 e. The molecule has 0 aliphatic heterocycles. The number of para-hydroxylation sites is 1. The third-order valence-electron chi connectivity index (χ3n) is 3.01. The predicted molar refractivity (Wildman–Crippen MR) is 82.8 cm³/mol. The maximum atomic E-state index is 11.6. The lowest BCUT2D eigenvalue weighted by Crippen LogP contribution is -2.09. The third kappa shape index (κ3) is 2.22. The highest BCUT2D eigenvalue weighted by molar-refractivity contribution is 8.00. The highest BCUT2D eigenvalue weighted by Crippen LogP contribution is 2.30. The largest absolute Gasteiger partial charge is 0.324 e. The molecule has 3 heterocycles. The molecule has 0 atom stereocenters. The number of thioether (sulfide) groups is 1. The number of aromatic amines is 1. The van der Waals surface area contributed by atoms with Crippen molar-refractivity contribution in [1.29, 1.82) is 0 Å². The van der Waals surface area contributed by atoms with Crippen LogP contribution in [0.25, 0.3) is 15.9 Å². The molecular weight excluding hydrogens is 306 g/mol. The van der Waals surface area contributed by atoms with Crippen LogP contribution in [0.5, 0.6) is 0 Å². The molecule has 0 saturated heterocycles. The molecule has 6 nitrogen and oxygen atoms in total. The van der Waals surface area contributed by atoms with Crippen LogP contribution in [-0.4, -0.2) is 24.6 Å². The van der Waals surface area contributed by atoms with E-state index >= 15 is 0 Å².